The molecule has 3 aromatic carbocycles. The molecule has 1 aliphatic heterocycles. The Morgan fingerprint density at radius 3 is 1.82 bits per heavy atom. The summed E-state index contributed by atoms with van der Waals surface area (Å²) in [5.41, 5.74) is -5.83. The van der Waals surface area contributed by atoms with Crippen LogP contribution in [0.5, 0.6) is 0 Å². The summed E-state index contributed by atoms with van der Waals surface area (Å²) in [5.74, 6) is -3.71. The zero-order valence-corrected chi connectivity index (χ0v) is 23.6. The fourth-order valence-corrected chi connectivity index (χ4v) is 5.53. The van der Waals surface area contributed by atoms with Crippen LogP contribution in [0.1, 0.15) is 38.0 Å². The van der Waals surface area contributed by atoms with Gasteiger partial charge in [0, 0.05) is 28.3 Å². The summed E-state index contributed by atoms with van der Waals surface area (Å²) >= 11 is 0. The lowest BCUT2D eigenvalue weighted by Crippen LogP contribution is -2.74. The molecule has 14 heteroatoms. The maximum absolute atomic E-state index is 14.5. The Balaban J connectivity index is 1.85. The fraction of sp³-hybridized carbons (Fsp3) is 0.194. The van der Waals surface area contributed by atoms with Crippen molar-refractivity contribution in [2.45, 2.75) is 29.6 Å². The molecule has 4 atom stereocenters. The highest BCUT2D eigenvalue weighted by molar-refractivity contribution is 6.14. The summed E-state index contributed by atoms with van der Waals surface area (Å²) in [7, 11) is 0. The molecule has 0 amide bonds. The zero-order chi connectivity index (χ0) is 32.5. The number of nitrogens with zero attached hydrogens (tertiary/aromatic N) is 4. The zero-order valence-electron chi connectivity index (χ0n) is 23.6. The van der Waals surface area contributed by atoms with E-state index in [1.54, 1.807) is 18.2 Å². The van der Waals surface area contributed by atoms with Gasteiger partial charge in [-0.1, -0.05) is 84.0 Å². The minimum atomic E-state index is -3.60. The summed E-state index contributed by atoms with van der Waals surface area (Å²) in [5, 5.41) is 29.1. The number of aromatic amines is 1. The maximum Gasteiger partial charge on any atom is 0.338 e. The van der Waals surface area contributed by atoms with E-state index in [-0.39, 0.29) is 16.7 Å². The van der Waals surface area contributed by atoms with E-state index in [4.69, 9.17) is 9.47 Å². The monoisotopic (exact) mass is 611 g/mol. The summed E-state index contributed by atoms with van der Waals surface area (Å²) in [6, 6.07) is 22.3. The second-order valence-electron chi connectivity index (χ2n) is 10.3. The third kappa shape index (κ3) is 4.65. The first-order valence-corrected chi connectivity index (χ1v) is 13.4. The molecule has 1 aromatic heterocycles. The van der Waals surface area contributed by atoms with Crippen LogP contribution in [0.25, 0.3) is 10.4 Å². The predicted molar refractivity (Wildman–Crippen MR) is 156 cm³/mol. The van der Waals surface area contributed by atoms with Crippen molar-refractivity contribution < 1.29 is 34.1 Å². The van der Waals surface area contributed by atoms with Crippen LogP contribution in [-0.2, 0) is 15.2 Å². The minimum Gasteiger partial charge on any atom is -0.459 e. The van der Waals surface area contributed by atoms with Crippen LogP contribution in [0, 0.1) is 0 Å². The van der Waals surface area contributed by atoms with Crippen LogP contribution in [0.15, 0.2) is 118 Å². The largest absolute Gasteiger partial charge is 0.459 e. The number of ketones is 2. The van der Waals surface area contributed by atoms with Gasteiger partial charge in [0.15, 0.2) is 5.72 Å². The summed E-state index contributed by atoms with van der Waals surface area (Å²) in [6.45, 7) is -0.248. The molecule has 0 aliphatic carbocycles. The molecule has 2 heterocycles. The molecule has 1 saturated heterocycles. The Kier molecular flexibility index (Phi) is 7.83. The molecule has 0 bridgehead atoms. The summed E-state index contributed by atoms with van der Waals surface area (Å²) < 4.78 is 12.0. The van der Waals surface area contributed by atoms with E-state index >= 15 is 0 Å². The molecule has 4 aromatic rings. The molecule has 228 valence electrons. The first kappa shape index (κ1) is 30.8. The van der Waals surface area contributed by atoms with Gasteiger partial charge in [-0.3, -0.25) is 23.9 Å². The second-order valence-corrected chi connectivity index (χ2v) is 10.3. The number of hydrogen-bond donors (Lipinski definition) is 3. The lowest BCUT2D eigenvalue weighted by atomic mass is 9.66. The van der Waals surface area contributed by atoms with Gasteiger partial charge in [0.2, 0.25) is 28.5 Å². The lowest BCUT2D eigenvalue weighted by Gasteiger charge is -2.44. The number of aromatic nitrogens is 2. The van der Waals surface area contributed by atoms with Crippen LogP contribution >= 0.6 is 0 Å². The SMILES string of the molecule is C[C@@]1(n2ccc(=O)[nH]c2=O)O[C@@](COC(=O)c2ccccc2)(N=[N+]=[N-])[C@](O)(C(=O)c2ccccc2)[C@]1(O)C(=O)c1ccccc1. The first-order valence-electron chi connectivity index (χ1n) is 13.4. The van der Waals surface area contributed by atoms with Gasteiger partial charge in [-0.25, -0.2) is 9.59 Å². The highest BCUT2D eigenvalue weighted by Crippen LogP contribution is 2.57. The summed E-state index contributed by atoms with van der Waals surface area (Å²) in [4.78, 5) is 71.9. The van der Waals surface area contributed by atoms with Gasteiger partial charge < -0.3 is 19.7 Å². The number of carbonyl (C=O) groups excluding carboxylic acids is 3. The van der Waals surface area contributed by atoms with Crippen LogP contribution in [-0.4, -0.2) is 60.8 Å². The Morgan fingerprint density at radius 1 is 0.844 bits per heavy atom. The van der Waals surface area contributed by atoms with Crippen molar-refractivity contribution in [2.24, 2.45) is 5.11 Å². The van der Waals surface area contributed by atoms with Gasteiger partial charge >= 0.3 is 11.7 Å². The summed E-state index contributed by atoms with van der Waals surface area (Å²) in [6.07, 6.45) is 0.861. The van der Waals surface area contributed by atoms with E-state index in [1.165, 1.54) is 72.8 Å². The van der Waals surface area contributed by atoms with Crippen molar-refractivity contribution in [1.29, 1.82) is 0 Å². The maximum atomic E-state index is 14.5. The van der Waals surface area contributed by atoms with Crippen molar-refractivity contribution in [3.05, 3.63) is 151 Å². The highest BCUT2D eigenvalue weighted by Gasteiger charge is 2.85. The average Bonchev–Trinajstić information content (AvgIpc) is 3.21. The first-order chi connectivity index (χ1) is 21.4. The Morgan fingerprint density at radius 2 is 1.33 bits per heavy atom. The van der Waals surface area contributed by atoms with Crippen molar-refractivity contribution in [3.63, 3.8) is 0 Å². The Labute approximate surface area is 253 Å². The van der Waals surface area contributed by atoms with Gasteiger partial charge in [0.1, 0.15) is 6.61 Å². The number of aliphatic hydroxyl groups is 2. The molecule has 1 aliphatic rings. The number of azide groups is 1. The lowest BCUT2D eigenvalue weighted by molar-refractivity contribution is -0.192. The third-order valence-electron chi connectivity index (χ3n) is 7.76. The van der Waals surface area contributed by atoms with Crippen molar-refractivity contribution >= 4 is 17.5 Å². The van der Waals surface area contributed by atoms with Crippen LogP contribution in [0.3, 0.4) is 0 Å². The number of H-pyrrole nitrogens is 1. The van der Waals surface area contributed by atoms with E-state index in [0.717, 1.165) is 19.2 Å². The number of hydrogen-bond acceptors (Lipinski definition) is 10. The third-order valence-corrected chi connectivity index (χ3v) is 7.76. The second kappa shape index (κ2) is 11.4. The number of carbonyl (C=O) groups is 3. The molecule has 14 nitrogen and oxygen atoms in total. The predicted octanol–water partition coefficient (Wildman–Crippen LogP) is 2.33. The number of rotatable bonds is 9. The van der Waals surface area contributed by atoms with Crippen LogP contribution in [0.2, 0.25) is 0 Å². The molecule has 0 saturated carbocycles. The molecule has 0 unspecified atom stereocenters. The Bertz CT molecular complexity index is 1940. The molecule has 5 rings (SSSR count). The van der Waals surface area contributed by atoms with Gasteiger partial charge in [0.05, 0.1) is 5.56 Å². The number of Topliss-reactive ketones (excluding diaryl/α,β-unsaturated/α-hetero) is 2. The fourth-order valence-electron chi connectivity index (χ4n) is 5.53. The van der Waals surface area contributed by atoms with Gasteiger partial charge in [0.25, 0.3) is 5.56 Å². The molecule has 0 radical (unpaired) electrons. The van der Waals surface area contributed by atoms with E-state index < -0.39 is 58.0 Å². The normalized spacial score (nSPS) is 25.6. The topological polar surface area (TPSA) is 214 Å². The number of ether oxygens (including phenoxy) is 2. The van der Waals surface area contributed by atoms with Crippen LogP contribution in [0.4, 0.5) is 0 Å². The van der Waals surface area contributed by atoms with Gasteiger partial charge in [-0.2, -0.15) is 0 Å². The molecular weight excluding hydrogens is 586 g/mol. The molecular formula is C31H25N5O9. The van der Waals surface area contributed by atoms with Gasteiger partial charge in [-0.15, -0.1) is 0 Å². The highest BCUT2D eigenvalue weighted by atomic mass is 16.6. The van der Waals surface area contributed by atoms with Crippen molar-refractivity contribution in [1.82, 2.24) is 9.55 Å². The average molecular weight is 612 g/mol. The number of nitrogens with one attached hydrogen (secondary N) is 1. The van der Waals surface area contributed by atoms with E-state index in [1.807, 2.05) is 4.98 Å². The molecule has 3 N–H and O–H groups in total. The number of benzene rings is 3. The van der Waals surface area contributed by atoms with Crippen LogP contribution < -0.4 is 11.2 Å². The molecule has 1 fully saturated rings. The van der Waals surface area contributed by atoms with E-state index in [9.17, 15) is 39.7 Å². The quantitative estimate of drug-likeness (QED) is 0.0831. The van der Waals surface area contributed by atoms with E-state index in [2.05, 4.69) is 10.0 Å². The van der Waals surface area contributed by atoms with E-state index in [0.29, 0.717) is 4.57 Å². The Hall–Kier alpha value is -5.66. The minimum absolute atomic E-state index is 0.0275. The molecule has 0 spiro atoms. The van der Waals surface area contributed by atoms with Crippen molar-refractivity contribution in [3.8, 4) is 0 Å². The van der Waals surface area contributed by atoms with Gasteiger partial charge in [-0.05, 0) is 24.6 Å². The number of esters is 1. The smallest absolute Gasteiger partial charge is 0.338 e. The van der Waals surface area contributed by atoms with Crippen molar-refractivity contribution in [2.75, 3.05) is 6.61 Å². The molecule has 45 heavy (non-hydrogen) atoms. The standard InChI is InChI=1S/C31H25N5O9/c1-28(36-18-17-23(37)33-27(36)41)30(42,24(38)20-11-5-2-6-12-20)31(43,25(39)21-13-7-3-8-14-21)29(45-28,34-35-32)19-44-26(40)22-15-9-4-10-16-22/h2-18,42-43H,19H2,1H3,(H,33,37,41)/t28-,29-,30+,31-/m1/s1.